The Kier molecular flexibility index (Phi) is 8.32. The van der Waals surface area contributed by atoms with Gasteiger partial charge in [0.2, 0.25) is 5.91 Å². The molecule has 0 spiro atoms. The SMILES string of the molecule is Cc1ccc(Cl)cc1NC(=O)C(C)N(C)CCC(=O)O.Cl. The van der Waals surface area contributed by atoms with Gasteiger partial charge < -0.3 is 10.4 Å². The Balaban J connectivity index is 0.00000400. The van der Waals surface area contributed by atoms with E-state index in [1.165, 1.54) is 0 Å². The fourth-order valence-electron chi connectivity index (χ4n) is 1.63. The largest absolute Gasteiger partial charge is 0.481 e. The lowest BCUT2D eigenvalue weighted by atomic mass is 10.2. The van der Waals surface area contributed by atoms with E-state index in [-0.39, 0.29) is 24.7 Å². The predicted molar refractivity (Wildman–Crippen MR) is 86.4 cm³/mol. The van der Waals surface area contributed by atoms with E-state index in [1.54, 1.807) is 31.0 Å². The van der Waals surface area contributed by atoms with Gasteiger partial charge in [-0.1, -0.05) is 17.7 Å². The number of carbonyl (C=O) groups excluding carboxylic acids is 1. The standard InChI is InChI=1S/C14H19ClN2O3.ClH/c1-9-4-5-11(15)8-12(9)16-14(20)10(2)17(3)7-6-13(18)19;/h4-5,8,10H,6-7H2,1-3H3,(H,16,20)(H,18,19);1H. The van der Waals surface area contributed by atoms with Crippen molar-refractivity contribution in [1.82, 2.24) is 4.90 Å². The molecule has 1 rings (SSSR count). The second-order valence-electron chi connectivity index (χ2n) is 4.75. The molecule has 0 aliphatic rings. The minimum Gasteiger partial charge on any atom is -0.481 e. The number of nitrogens with zero attached hydrogens (tertiary/aromatic N) is 1. The van der Waals surface area contributed by atoms with Gasteiger partial charge in [0.05, 0.1) is 12.5 Å². The predicted octanol–water partition coefficient (Wildman–Crippen LogP) is 2.80. The highest BCUT2D eigenvalue weighted by Gasteiger charge is 2.19. The van der Waals surface area contributed by atoms with Gasteiger partial charge in [-0.25, -0.2) is 0 Å². The molecule has 0 radical (unpaired) electrons. The monoisotopic (exact) mass is 334 g/mol. The summed E-state index contributed by atoms with van der Waals surface area (Å²) in [5, 5.41) is 12.0. The number of halogens is 2. The molecule has 0 bridgehead atoms. The highest BCUT2D eigenvalue weighted by Crippen LogP contribution is 2.20. The minimum atomic E-state index is -0.879. The number of anilines is 1. The molecule has 0 saturated heterocycles. The van der Waals surface area contributed by atoms with Crippen LogP contribution in [-0.2, 0) is 9.59 Å². The zero-order valence-electron chi connectivity index (χ0n) is 12.2. The van der Waals surface area contributed by atoms with Gasteiger partial charge in [0.15, 0.2) is 0 Å². The van der Waals surface area contributed by atoms with Crippen LogP contribution in [0.2, 0.25) is 5.02 Å². The van der Waals surface area contributed by atoms with Crippen LogP contribution in [0.5, 0.6) is 0 Å². The number of likely N-dealkylation sites (N-methyl/N-ethyl adjacent to an activating group) is 1. The zero-order valence-corrected chi connectivity index (χ0v) is 13.8. The van der Waals surface area contributed by atoms with Crippen molar-refractivity contribution >= 4 is 41.6 Å². The number of carboxylic acids is 1. The third kappa shape index (κ3) is 6.33. The van der Waals surface area contributed by atoms with Crippen LogP contribution in [0.25, 0.3) is 0 Å². The van der Waals surface area contributed by atoms with Crippen molar-refractivity contribution in [3.8, 4) is 0 Å². The number of nitrogens with one attached hydrogen (secondary N) is 1. The van der Waals surface area contributed by atoms with Gasteiger partial charge in [-0.05, 0) is 38.6 Å². The molecule has 1 amide bonds. The third-order valence-corrected chi connectivity index (χ3v) is 3.41. The van der Waals surface area contributed by atoms with Crippen molar-refractivity contribution in [3.05, 3.63) is 28.8 Å². The zero-order chi connectivity index (χ0) is 15.3. The summed E-state index contributed by atoms with van der Waals surface area (Å²) < 4.78 is 0. The maximum absolute atomic E-state index is 12.1. The number of rotatable bonds is 6. The molecule has 1 aromatic rings. The third-order valence-electron chi connectivity index (χ3n) is 3.18. The highest BCUT2D eigenvalue weighted by atomic mass is 35.5. The molecule has 0 aliphatic carbocycles. The summed E-state index contributed by atoms with van der Waals surface area (Å²) in [4.78, 5) is 24.3. The first kappa shape index (κ1) is 19.7. The van der Waals surface area contributed by atoms with Crippen LogP contribution < -0.4 is 5.32 Å². The van der Waals surface area contributed by atoms with E-state index < -0.39 is 12.0 Å². The van der Waals surface area contributed by atoms with Gasteiger partial charge in [-0.3, -0.25) is 14.5 Å². The number of aliphatic carboxylic acids is 1. The average molecular weight is 335 g/mol. The fourth-order valence-corrected chi connectivity index (χ4v) is 1.80. The van der Waals surface area contributed by atoms with Crippen LogP contribution in [-0.4, -0.2) is 41.5 Å². The van der Waals surface area contributed by atoms with Gasteiger partial charge in [-0.15, -0.1) is 12.4 Å². The first-order chi connectivity index (χ1) is 9.31. The molecule has 2 N–H and O–H groups in total. The number of amides is 1. The number of carboxylic acid groups (broad SMARTS) is 1. The average Bonchev–Trinajstić information content (AvgIpc) is 2.39. The van der Waals surface area contributed by atoms with Crippen LogP contribution in [0, 0.1) is 6.92 Å². The van der Waals surface area contributed by atoms with E-state index in [1.807, 2.05) is 13.0 Å². The fraction of sp³-hybridized carbons (Fsp3) is 0.429. The molecule has 0 aliphatic heterocycles. The maximum Gasteiger partial charge on any atom is 0.304 e. The van der Waals surface area contributed by atoms with Crippen LogP contribution in [0.4, 0.5) is 5.69 Å². The molecule has 0 saturated carbocycles. The van der Waals surface area contributed by atoms with E-state index in [0.29, 0.717) is 17.3 Å². The second-order valence-corrected chi connectivity index (χ2v) is 5.19. The number of hydrogen-bond donors (Lipinski definition) is 2. The summed E-state index contributed by atoms with van der Waals surface area (Å²) in [5.41, 5.74) is 1.59. The minimum absolute atomic E-state index is 0. The Hall–Kier alpha value is -1.30. The summed E-state index contributed by atoms with van der Waals surface area (Å²) in [6, 6.07) is 4.86. The number of hydrogen-bond acceptors (Lipinski definition) is 3. The summed E-state index contributed by atoms with van der Waals surface area (Å²) in [6.45, 7) is 3.93. The Morgan fingerprint density at radius 3 is 2.62 bits per heavy atom. The molecular formula is C14H20Cl2N2O3. The molecule has 0 heterocycles. The smallest absolute Gasteiger partial charge is 0.304 e. The normalized spacial score (nSPS) is 11.7. The van der Waals surface area contributed by atoms with E-state index in [0.717, 1.165) is 5.56 Å². The lowest BCUT2D eigenvalue weighted by Crippen LogP contribution is -2.40. The number of aryl methyl sites for hydroxylation is 1. The van der Waals surface area contributed by atoms with Gasteiger partial charge in [0.1, 0.15) is 0 Å². The highest BCUT2D eigenvalue weighted by molar-refractivity contribution is 6.31. The molecule has 0 aromatic heterocycles. The first-order valence-corrected chi connectivity index (χ1v) is 6.68. The van der Waals surface area contributed by atoms with Crippen LogP contribution in [0.3, 0.4) is 0 Å². The molecule has 7 heteroatoms. The molecule has 5 nitrogen and oxygen atoms in total. The van der Waals surface area contributed by atoms with Crippen molar-refractivity contribution < 1.29 is 14.7 Å². The molecule has 21 heavy (non-hydrogen) atoms. The van der Waals surface area contributed by atoms with Crippen LogP contribution in [0.15, 0.2) is 18.2 Å². The van der Waals surface area contributed by atoms with E-state index >= 15 is 0 Å². The van der Waals surface area contributed by atoms with E-state index in [9.17, 15) is 9.59 Å². The van der Waals surface area contributed by atoms with Gasteiger partial charge in [0, 0.05) is 17.3 Å². The Bertz CT molecular complexity index is 509. The van der Waals surface area contributed by atoms with E-state index in [2.05, 4.69) is 5.32 Å². The Morgan fingerprint density at radius 1 is 1.43 bits per heavy atom. The van der Waals surface area contributed by atoms with Gasteiger partial charge in [0.25, 0.3) is 0 Å². The quantitative estimate of drug-likeness (QED) is 0.839. The van der Waals surface area contributed by atoms with Gasteiger partial charge in [-0.2, -0.15) is 0 Å². The Morgan fingerprint density at radius 2 is 2.05 bits per heavy atom. The van der Waals surface area contributed by atoms with Crippen molar-refractivity contribution in [2.24, 2.45) is 0 Å². The van der Waals surface area contributed by atoms with Crippen LogP contribution in [0.1, 0.15) is 18.9 Å². The number of carbonyl (C=O) groups is 2. The van der Waals surface area contributed by atoms with Crippen LogP contribution >= 0.6 is 24.0 Å². The summed E-state index contributed by atoms with van der Waals surface area (Å²) in [7, 11) is 1.72. The second kappa shape index (κ2) is 8.87. The van der Waals surface area contributed by atoms with Crippen molar-refractivity contribution in [2.75, 3.05) is 18.9 Å². The van der Waals surface area contributed by atoms with Gasteiger partial charge >= 0.3 is 5.97 Å². The molecule has 118 valence electrons. The molecular weight excluding hydrogens is 315 g/mol. The molecule has 1 atom stereocenters. The summed E-state index contributed by atoms with van der Waals surface area (Å²) in [5.74, 6) is -1.07. The Labute approximate surface area is 135 Å². The van der Waals surface area contributed by atoms with E-state index in [4.69, 9.17) is 16.7 Å². The van der Waals surface area contributed by atoms with Crippen molar-refractivity contribution in [3.63, 3.8) is 0 Å². The summed E-state index contributed by atoms with van der Waals surface area (Å²) in [6.07, 6.45) is 0.00428. The molecule has 1 unspecified atom stereocenters. The van der Waals surface area contributed by atoms with Crippen molar-refractivity contribution in [1.29, 1.82) is 0 Å². The summed E-state index contributed by atoms with van der Waals surface area (Å²) >= 11 is 5.90. The first-order valence-electron chi connectivity index (χ1n) is 6.30. The maximum atomic E-state index is 12.1. The number of benzene rings is 1. The molecule has 1 aromatic carbocycles. The topological polar surface area (TPSA) is 69.6 Å². The lowest BCUT2D eigenvalue weighted by molar-refractivity contribution is -0.137. The lowest BCUT2D eigenvalue weighted by Gasteiger charge is -2.23. The molecule has 0 fully saturated rings. The van der Waals surface area contributed by atoms with Crippen molar-refractivity contribution in [2.45, 2.75) is 26.3 Å².